The van der Waals surface area contributed by atoms with Gasteiger partial charge in [0.25, 0.3) is 0 Å². The van der Waals surface area contributed by atoms with Crippen molar-refractivity contribution in [3.05, 3.63) is 41.6 Å². The third kappa shape index (κ3) is 5.50. The fourth-order valence-electron chi connectivity index (χ4n) is 1.96. The summed E-state index contributed by atoms with van der Waals surface area (Å²) in [4.78, 5) is 6.93. The molecule has 0 aliphatic rings. The van der Waals surface area contributed by atoms with Crippen LogP contribution in [0.25, 0.3) is 0 Å². The van der Waals surface area contributed by atoms with Gasteiger partial charge < -0.3 is 10.1 Å². The van der Waals surface area contributed by atoms with Gasteiger partial charge in [0.2, 0.25) is 11.8 Å². The number of nitrogens with zero attached hydrogens (tertiary/aromatic N) is 2. The summed E-state index contributed by atoms with van der Waals surface area (Å²) in [5.41, 5.74) is 0.0245. The summed E-state index contributed by atoms with van der Waals surface area (Å²) < 4.78 is 79.6. The molecule has 1 heterocycles. The maximum Gasteiger partial charge on any atom is 0.423 e. The fraction of sp³-hybridized carbons (Fsp3) is 0.375. The zero-order valence-electron chi connectivity index (χ0n) is 13.7. The van der Waals surface area contributed by atoms with Crippen molar-refractivity contribution in [2.24, 2.45) is 0 Å². The Kier molecular flexibility index (Phi) is 5.62. The summed E-state index contributed by atoms with van der Waals surface area (Å²) in [6.07, 6.45) is -9.37. The number of ether oxygens (including phenoxy) is 1. The van der Waals surface area contributed by atoms with Crippen LogP contribution in [0.2, 0.25) is 0 Å². The van der Waals surface area contributed by atoms with E-state index < -0.39 is 30.4 Å². The van der Waals surface area contributed by atoms with E-state index in [1.165, 1.54) is 0 Å². The van der Waals surface area contributed by atoms with Crippen LogP contribution in [0.5, 0.6) is 5.88 Å². The molecule has 0 atom stereocenters. The molecule has 0 saturated carbocycles. The molecule has 1 aromatic carbocycles. The van der Waals surface area contributed by atoms with Crippen molar-refractivity contribution < 1.29 is 31.1 Å². The SMILES string of the molecule is CC(C)c1ccc(Nc2ncc(C(F)(F)F)c(OCC(F)(F)F)n2)cc1. The molecular weight excluding hydrogens is 364 g/mol. The van der Waals surface area contributed by atoms with Gasteiger partial charge in [-0.15, -0.1) is 0 Å². The molecule has 0 aliphatic carbocycles. The molecule has 0 amide bonds. The van der Waals surface area contributed by atoms with Gasteiger partial charge in [-0.05, 0) is 23.6 Å². The fourth-order valence-corrected chi connectivity index (χ4v) is 1.96. The van der Waals surface area contributed by atoms with Gasteiger partial charge in [0.1, 0.15) is 5.56 Å². The minimum atomic E-state index is -4.95. The first-order chi connectivity index (χ1) is 12.0. The normalized spacial score (nSPS) is 12.3. The van der Waals surface area contributed by atoms with Crippen LogP contribution in [0.3, 0.4) is 0 Å². The summed E-state index contributed by atoms with van der Waals surface area (Å²) in [5.74, 6) is -1.22. The highest BCUT2D eigenvalue weighted by Gasteiger charge is 2.38. The average Bonchev–Trinajstić information content (AvgIpc) is 2.52. The summed E-state index contributed by atoms with van der Waals surface area (Å²) >= 11 is 0. The number of nitrogens with one attached hydrogen (secondary N) is 1. The lowest BCUT2D eigenvalue weighted by atomic mass is 10.0. The third-order valence-electron chi connectivity index (χ3n) is 3.27. The van der Waals surface area contributed by atoms with E-state index >= 15 is 0 Å². The first kappa shape index (κ1) is 19.8. The Morgan fingerprint density at radius 3 is 2.15 bits per heavy atom. The minimum absolute atomic E-state index is 0.286. The highest BCUT2D eigenvalue weighted by atomic mass is 19.4. The molecule has 1 N–H and O–H groups in total. The van der Waals surface area contributed by atoms with E-state index in [1.54, 1.807) is 24.3 Å². The second kappa shape index (κ2) is 7.38. The highest BCUT2D eigenvalue weighted by Crippen LogP contribution is 2.36. The van der Waals surface area contributed by atoms with Gasteiger partial charge in [-0.2, -0.15) is 31.3 Å². The molecule has 4 nitrogen and oxygen atoms in total. The summed E-state index contributed by atoms with van der Waals surface area (Å²) in [7, 11) is 0. The lowest BCUT2D eigenvalue weighted by molar-refractivity contribution is -0.159. The van der Waals surface area contributed by atoms with E-state index in [9.17, 15) is 26.3 Å². The van der Waals surface area contributed by atoms with Crippen molar-refractivity contribution in [2.45, 2.75) is 32.1 Å². The third-order valence-corrected chi connectivity index (χ3v) is 3.27. The Balaban J connectivity index is 2.26. The van der Waals surface area contributed by atoms with Crippen LogP contribution in [-0.4, -0.2) is 22.8 Å². The van der Waals surface area contributed by atoms with Crippen LogP contribution in [-0.2, 0) is 6.18 Å². The molecule has 2 rings (SSSR count). The van der Waals surface area contributed by atoms with Crippen molar-refractivity contribution in [2.75, 3.05) is 11.9 Å². The standard InChI is InChI=1S/C16H15F6N3O/c1-9(2)10-3-5-11(6-4-10)24-14-23-7-12(16(20,21)22)13(25-14)26-8-15(17,18)19/h3-7,9H,8H2,1-2H3,(H,23,24,25). The van der Waals surface area contributed by atoms with Crippen LogP contribution >= 0.6 is 0 Å². The number of rotatable bonds is 5. The second-order valence-corrected chi connectivity index (χ2v) is 5.72. The van der Waals surface area contributed by atoms with Gasteiger partial charge in [0.05, 0.1) is 0 Å². The quantitative estimate of drug-likeness (QED) is 0.716. The van der Waals surface area contributed by atoms with Crippen LogP contribution in [0.1, 0.15) is 30.9 Å². The smallest absolute Gasteiger partial charge is 0.423 e. The number of alkyl halides is 6. The number of aromatic nitrogens is 2. The molecule has 2 aromatic rings. The summed E-state index contributed by atoms with van der Waals surface area (Å²) in [6.45, 7) is 2.09. The van der Waals surface area contributed by atoms with Gasteiger partial charge in [-0.1, -0.05) is 26.0 Å². The molecule has 0 unspecified atom stereocenters. The first-order valence-corrected chi connectivity index (χ1v) is 7.46. The van der Waals surface area contributed by atoms with E-state index in [0.29, 0.717) is 11.9 Å². The molecule has 26 heavy (non-hydrogen) atoms. The summed E-state index contributed by atoms with van der Waals surface area (Å²) in [5, 5.41) is 2.64. The lowest BCUT2D eigenvalue weighted by Crippen LogP contribution is -2.22. The maximum atomic E-state index is 12.9. The van der Waals surface area contributed by atoms with Crippen LogP contribution < -0.4 is 10.1 Å². The van der Waals surface area contributed by atoms with Crippen molar-refractivity contribution >= 4 is 11.6 Å². The van der Waals surface area contributed by atoms with E-state index in [-0.39, 0.29) is 11.9 Å². The Labute approximate surface area is 145 Å². The molecule has 0 fully saturated rings. The topological polar surface area (TPSA) is 47.0 Å². The summed E-state index contributed by atoms with van der Waals surface area (Å²) in [6, 6.07) is 6.93. The lowest BCUT2D eigenvalue weighted by Gasteiger charge is -2.15. The minimum Gasteiger partial charge on any atom is -0.467 e. The molecule has 0 bridgehead atoms. The molecule has 0 aliphatic heterocycles. The molecule has 0 radical (unpaired) electrons. The van der Waals surface area contributed by atoms with Gasteiger partial charge in [0, 0.05) is 11.9 Å². The highest BCUT2D eigenvalue weighted by molar-refractivity contribution is 5.54. The van der Waals surface area contributed by atoms with E-state index in [4.69, 9.17) is 0 Å². The number of anilines is 2. The molecule has 142 valence electrons. The van der Waals surface area contributed by atoms with Crippen LogP contribution in [0.15, 0.2) is 30.5 Å². The van der Waals surface area contributed by atoms with Crippen molar-refractivity contribution in [3.63, 3.8) is 0 Å². The Morgan fingerprint density at radius 2 is 1.65 bits per heavy atom. The zero-order chi connectivity index (χ0) is 19.5. The second-order valence-electron chi connectivity index (χ2n) is 5.72. The van der Waals surface area contributed by atoms with Crippen molar-refractivity contribution in [1.29, 1.82) is 0 Å². The van der Waals surface area contributed by atoms with Crippen molar-refractivity contribution in [1.82, 2.24) is 9.97 Å². The predicted molar refractivity (Wildman–Crippen MR) is 82.4 cm³/mol. The maximum absolute atomic E-state index is 12.9. The molecule has 0 spiro atoms. The first-order valence-electron chi connectivity index (χ1n) is 7.46. The Bertz CT molecular complexity index is 741. The molecule has 0 saturated heterocycles. The Morgan fingerprint density at radius 1 is 1.04 bits per heavy atom. The molecular formula is C16H15F6N3O. The van der Waals surface area contributed by atoms with E-state index in [2.05, 4.69) is 20.0 Å². The molecule has 1 aromatic heterocycles. The predicted octanol–water partition coefficient (Wildman–Crippen LogP) is 5.30. The van der Waals surface area contributed by atoms with Gasteiger partial charge in [-0.3, -0.25) is 0 Å². The largest absolute Gasteiger partial charge is 0.467 e. The number of benzene rings is 1. The number of hydrogen-bond donors (Lipinski definition) is 1. The van der Waals surface area contributed by atoms with Crippen LogP contribution in [0, 0.1) is 0 Å². The van der Waals surface area contributed by atoms with Gasteiger partial charge in [-0.25, -0.2) is 4.98 Å². The van der Waals surface area contributed by atoms with E-state index in [1.807, 2.05) is 13.8 Å². The zero-order valence-corrected chi connectivity index (χ0v) is 13.7. The van der Waals surface area contributed by atoms with Crippen molar-refractivity contribution in [3.8, 4) is 5.88 Å². The number of hydrogen-bond acceptors (Lipinski definition) is 4. The Hall–Kier alpha value is -2.52. The molecule has 10 heteroatoms. The van der Waals surface area contributed by atoms with Crippen LogP contribution in [0.4, 0.5) is 38.0 Å². The monoisotopic (exact) mass is 379 g/mol. The van der Waals surface area contributed by atoms with Gasteiger partial charge in [0.15, 0.2) is 6.61 Å². The van der Waals surface area contributed by atoms with Gasteiger partial charge >= 0.3 is 12.4 Å². The number of halogens is 6. The average molecular weight is 379 g/mol. The van der Waals surface area contributed by atoms with E-state index in [0.717, 1.165) is 5.56 Å².